The van der Waals surface area contributed by atoms with Gasteiger partial charge in [0.1, 0.15) is 0 Å². The summed E-state index contributed by atoms with van der Waals surface area (Å²) in [4.78, 5) is 3.11. The van der Waals surface area contributed by atoms with Crippen LogP contribution in [-0.4, -0.2) is 29.9 Å². The molecular weight excluding hydrogens is 178 g/mol. The molecule has 0 radical (unpaired) electrons. The first-order chi connectivity index (χ1) is 4.18. The van der Waals surface area contributed by atoms with Crippen LogP contribution in [0.4, 0.5) is 0 Å². The number of likely N-dealkylation sites (tertiary alicyclic amines) is 1. The Bertz CT molecular complexity index is 69.9. The van der Waals surface area contributed by atoms with Crippen molar-refractivity contribution in [3.8, 4) is 0 Å². The number of hydrogen-bond acceptors (Lipinski definition) is 1. The van der Waals surface area contributed by atoms with E-state index in [2.05, 4.69) is 34.8 Å². The molecule has 2 unspecified atom stereocenters. The minimum absolute atomic E-state index is 0.728. The SMILES string of the molecule is CC1CC(Br)CN(C)C1. The summed E-state index contributed by atoms with van der Waals surface area (Å²) in [6.45, 7) is 4.79. The minimum atomic E-state index is 0.728. The number of halogens is 1. The molecule has 1 saturated heterocycles. The van der Waals surface area contributed by atoms with Gasteiger partial charge in [0.05, 0.1) is 0 Å². The highest BCUT2D eigenvalue weighted by Crippen LogP contribution is 2.19. The van der Waals surface area contributed by atoms with Crippen molar-refractivity contribution >= 4 is 15.9 Å². The highest BCUT2D eigenvalue weighted by Gasteiger charge is 2.19. The van der Waals surface area contributed by atoms with Crippen LogP contribution in [0.1, 0.15) is 13.3 Å². The summed E-state index contributed by atoms with van der Waals surface area (Å²) in [7, 11) is 2.18. The van der Waals surface area contributed by atoms with Gasteiger partial charge in [0.15, 0.2) is 0 Å². The number of alkyl halides is 1. The van der Waals surface area contributed by atoms with Crippen molar-refractivity contribution in [3.05, 3.63) is 0 Å². The zero-order chi connectivity index (χ0) is 6.85. The van der Waals surface area contributed by atoms with Crippen LogP contribution in [0, 0.1) is 5.92 Å². The topological polar surface area (TPSA) is 3.24 Å². The van der Waals surface area contributed by atoms with Crippen LogP contribution in [0.25, 0.3) is 0 Å². The van der Waals surface area contributed by atoms with Crippen LogP contribution < -0.4 is 0 Å². The van der Waals surface area contributed by atoms with Crippen molar-refractivity contribution in [1.82, 2.24) is 4.90 Å². The summed E-state index contributed by atoms with van der Waals surface area (Å²) in [5.74, 6) is 0.869. The largest absolute Gasteiger partial charge is 0.305 e. The highest BCUT2D eigenvalue weighted by atomic mass is 79.9. The van der Waals surface area contributed by atoms with E-state index in [1.807, 2.05) is 0 Å². The van der Waals surface area contributed by atoms with Crippen molar-refractivity contribution in [3.63, 3.8) is 0 Å². The molecule has 2 atom stereocenters. The quantitative estimate of drug-likeness (QED) is 0.528. The second kappa shape index (κ2) is 3.02. The van der Waals surface area contributed by atoms with E-state index in [9.17, 15) is 0 Å². The lowest BCUT2D eigenvalue weighted by molar-refractivity contribution is 0.230. The van der Waals surface area contributed by atoms with E-state index in [1.54, 1.807) is 0 Å². The Morgan fingerprint density at radius 2 is 2.11 bits per heavy atom. The molecule has 0 spiro atoms. The van der Waals surface area contributed by atoms with E-state index < -0.39 is 0 Å². The first kappa shape index (κ1) is 7.55. The van der Waals surface area contributed by atoms with Gasteiger partial charge >= 0.3 is 0 Å². The smallest absolute Gasteiger partial charge is 0.0276 e. The fraction of sp³-hybridized carbons (Fsp3) is 1.00. The molecule has 1 aliphatic heterocycles. The van der Waals surface area contributed by atoms with Crippen LogP contribution in [0.15, 0.2) is 0 Å². The van der Waals surface area contributed by atoms with Crippen molar-refractivity contribution in [1.29, 1.82) is 0 Å². The van der Waals surface area contributed by atoms with Gasteiger partial charge in [0.2, 0.25) is 0 Å². The second-order valence-electron chi connectivity index (χ2n) is 3.16. The lowest BCUT2D eigenvalue weighted by atomic mass is 10.0. The minimum Gasteiger partial charge on any atom is -0.305 e. The van der Waals surface area contributed by atoms with Gasteiger partial charge in [-0.1, -0.05) is 22.9 Å². The van der Waals surface area contributed by atoms with Crippen molar-refractivity contribution in [2.75, 3.05) is 20.1 Å². The monoisotopic (exact) mass is 191 g/mol. The summed E-state index contributed by atoms with van der Waals surface area (Å²) in [5, 5.41) is 0. The molecular formula is C7H14BrN. The fourth-order valence-electron chi connectivity index (χ4n) is 1.53. The lowest BCUT2D eigenvalue weighted by Crippen LogP contribution is -2.36. The van der Waals surface area contributed by atoms with E-state index in [1.165, 1.54) is 19.5 Å². The zero-order valence-corrected chi connectivity index (χ0v) is 7.69. The first-order valence-electron chi connectivity index (χ1n) is 3.51. The van der Waals surface area contributed by atoms with Crippen LogP contribution in [0.5, 0.6) is 0 Å². The summed E-state index contributed by atoms with van der Waals surface area (Å²) >= 11 is 3.63. The third-order valence-corrected chi connectivity index (χ3v) is 2.45. The van der Waals surface area contributed by atoms with Crippen molar-refractivity contribution < 1.29 is 0 Å². The molecule has 0 aromatic rings. The Morgan fingerprint density at radius 3 is 2.56 bits per heavy atom. The molecule has 0 N–H and O–H groups in total. The Kier molecular flexibility index (Phi) is 2.53. The molecule has 9 heavy (non-hydrogen) atoms. The van der Waals surface area contributed by atoms with Crippen molar-refractivity contribution in [2.45, 2.75) is 18.2 Å². The maximum atomic E-state index is 3.63. The van der Waals surface area contributed by atoms with Crippen LogP contribution in [-0.2, 0) is 0 Å². The van der Waals surface area contributed by atoms with Crippen LogP contribution >= 0.6 is 15.9 Å². The molecule has 1 nitrogen and oxygen atoms in total. The van der Waals surface area contributed by atoms with Gasteiger partial charge in [-0.2, -0.15) is 0 Å². The zero-order valence-electron chi connectivity index (χ0n) is 6.10. The summed E-state index contributed by atoms with van der Waals surface area (Å²) in [5.41, 5.74) is 0. The maximum absolute atomic E-state index is 3.63. The van der Waals surface area contributed by atoms with E-state index >= 15 is 0 Å². The average molecular weight is 192 g/mol. The number of rotatable bonds is 0. The molecule has 0 amide bonds. The summed E-state index contributed by atoms with van der Waals surface area (Å²) in [6, 6.07) is 0. The molecule has 2 heteroatoms. The van der Waals surface area contributed by atoms with Gasteiger partial charge in [-0.05, 0) is 19.4 Å². The molecule has 1 rings (SSSR count). The van der Waals surface area contributed by atoms with Crippen molar-refractivity contribution in [2.24, 2.45) is 5.92 Å². The maximum Gasteiger partial charge on any atom is 0.0276 e. The predicted octanol–water partition coefficient (Wildman–Crippen LogP) is 1.72. The van der Waals surface area contributed by atoms with Crippen LogP contribution in [0.3, 0.4) is 0 Å². The van der Waals surface area contributed by atoms with E-state index in [0.29, 0.717) is 0 Å². The molecule has 54 valence electrons. The number of piperidine rings is 1. The van der Waals surface area contributed by atoms with Gasteiger partial charge in [0.25, 0.3) is 0 Å². The number of nitrogens with zero attached hydrogens (tertiary/aromatic N) is 1. The van der Waals surface area contributed by atoms with Crippen LogP contribution in [0.2, 0.25) is 0 Å². The molecule has 1 fully saturated rings. The Morgan fingerprint density at radius 1 is 1.44 bits per heavy atom. The molecule has 0 bridgehead atoms. The highest BCUT2D eigenvalue weighted by molar-refractivity contribution is 9.09. The van der Waals surface area contributed by atoms with E-state index in [0.717, 1.165) is 10.7 Å². The predicted molar refractivity (Wildman–Crippen MR) is 44.0 cm³/mol. The summed E-state index contributed by atoms with van der Waals surface area (Å²) < 4.78 is 0. The normalized spacial score (nSPS) is 39.0. The molecule has 0 aromatic carbocycles. The first-order valence-corrected chi connectivity index (χ1v) is 4.42. The molecule has 1 aliphatic rings. The third kappa shape index (κ3) is 2.26. The molecule has 1 heterocycles. The van der Waals surface area contributed by atoms with Gasteiger partial charge < -0.3 is 4.90 Å². The van der Waals surface area contributed by atoms with Gasteiger partial charge in [-0.25, -0.2) is 0 Å². The van der Waals surface area contributed by atoms with Gasteiger partial charge in [-0.3, -0.25) is 0 Å². The second-order valence-corrected chi connectivity index (χ2v) is 4.45. The van der Waals surface area contributed by atoms with Gasteiger partial charge in [0, 0.05) is 17.9 Å². The number of hydrogen-bond donors (Lipinski definition) is 0. The Balaban J connectivity index is 2.34. The average Bonchev–Trinajstić information content (AvgIpc) is 1.59. The fourth-order valence-corrected chi connectivity index (χ4v) is 2.66. The Labute approximate surface area is 65.6 Å². The molecule has 0 saturated carbocycles. The summed E-state index contributed by atoms with van der Waals surface area (Å²) in [6.07, 6.45) is 1.34. The van der Waals surface area contributed by atoms with E-state index in [4.69, 9.17) is 0 Å². The third-order valence-electron chi connectivity index (χ3n) is 1.79. The standard InChI is InChI=1S/C7H14BrN/c1-6-3-7(8)5-9(2)4-6/h6-7H,3-5H2,1-2H3. The molecule has 0 aromatic heterocycles. The van der Waals surface area contributed by atoms with Gasteiger partial charge in [-0.15, -0.1) is 0 Å². The molecule has 0 aliphatic carbocycles. The van der Waals surface area contributed by atoms with E-state index in [-0.39, 0.29) is 0 Å². The Hall–Kier alpha value is 0.440. The lowest BCUT2D eigenvalue weighted by Gasteiger charge is -2.30.